The second-order valence-electron chi connectivity index (χ2n) is 7.37. The summed E-state index contributed by atoms with van der Waals surface area (Å²) in [5.41, 5.74) is -1.29. The quantitative estimate of drug-likeness (QED) is 0.695. The second-order valence-corrected chi connectivity index (χ2v) is 7.37. The van der Waals surface area contributed by atoms with Gasteiger partial charge in [-0.1, -0.05) is 12.1 Å². The number of rotatable bonds is 7. The smallest absolute Gasteiger partial charge is 0.417 e. The fourth-order valence-corrected chi connectivity index (χ4v) is 3.53. The van der Waals surface area contributed by atoms with Crippen molar-refractivity contribution in [1.29, 1.82) is 0 Å². The molecule has 0 atom stereocenters. The van der Waals surface area contributed by atoms with Gasteiger partial charge in [-0.3, -0.25) is 9.59 Å². The molecule has 6 nitrogen and oxygen atoms in total. The Hall–Kier alpha value is -3.23. The molecule has 32 heavy (non-hydrogen) atoms. The number of hydrogen-bond acceptors (Lipinski definition) is 4. The highest BCUT2D eigenvalue weighted by atomic mass is 19.4. The summed E-state index contributed by atoms with van der Waals surface area (Å²) < 4.78 is 50.4. The first-order chi connectivity index (χ1) is 15.3. The van der Waals surface area contributed by atoms with Crippen LogP contribution in [-0.2, 0) is 11.0 Å². The molecule has 1 heterocycles. The fraction of sp³-hybridized carbons (Fsp3) is 0.391. The molecule has 0 aliphatic carbocycles. The minimum absolute atomic E-state index is 0.161. The van der Waals surface area contributed by atoms with E-state index in [1.54, 1.807) is 24.3 Å². The highest BCUT2D eigenvalue weighted by Gasteiger charge is 2.36. The van der Waals surface area contributed by atoms with Crippen LogP contribution in [0.3, 0.4) is 0 Å². The third-order valence-corrected chi connectivity index (χ3v) is 5.11. The summed E-state index contributed by atoms with van der Waals surface area (Å²) in [5, 5.41) is 2.85. The third-order valence-electron chi connectivity index (χ3n) is 5.11. The van der Waals surface area contributed by atoms with E-state index in [0.29, 0.717) is 30.9 Å². The van der Waals surface area contributed by atoms with Crippen LogP contribution < -0.4 is 14.8 Å². The average molecular weight is 450 g/mol. The van der Waals surface area contributed by atoms with Gasteiger partial charge in [0.15, 0.2) is 6.61 Å². The highest BCUT2D eigenvalue weighted by molar-refractivity contribution is 5.96. The van der Waals surface area contributed by atoms with Gasteiger partial charge in [-0.2, -0.15) is 13.2 Å². The van der Waals surface area contributed by atoms with Crippen LogP contribution in [0.25, 0.3) is 0 Å². The summed E-state index contributed by atoms with van der Waals surface area (Å²) in [7, 11) is 0. The first-order valence-corrected chi connectivity index (χ1v) is 10.4. The molecule has 0 radical (unpaired) electrons. The number of halogens is 3. The van der Waals surface area contributed by atoms with Crippen LogP contribution in [-0.4, -0.2) is 49.1 Å². The molecule has 0 spiro atoms. The van der Waals surface area contributed by atoms with Crippen molar-refractivity contribution >= 4 is 11.8 Å². The van der Waals surface area contributed by atoms with E-state index in [2.05, 4.69) is 5.32 Å². The number of benzene rings is 2. The first-order valence-electron chi connectivity index (χ1n) is 10.4. The van der Waals surface area contributed by atoms with Gasteiger partial charge in [-0.15, -0.1) is 0 Å². The van der Waals surface area contributed by atoms with Crippen molar-refractivity contribution in [3.05, 3.63) is 59.7 Å². The zero-order valence-corrected chi connectivity index (χ0v) is 17.7. The number of carbonyl (C=O) groups is 2. The molecule has 2 aromatic rings. The number of nitrogens with zero attached hydrogens (tertiary/aromatic N) is 1. The van der Waals surface area contributed by atoms with Crippen LogP contribution in [0.4, 0.5) is 13.2 Å². The van der Waals surface area contributed by atoms with Crippen LogP contribution in [0.15, 0.2) is 48.5 Å². The Kier molecular flexibility index (Phi) is 7.61. The van der Waals surface area contributed by atoms with Gasteiger partial charge >= 0.3 is 6.18 Å². The van der Waals surface area contributed by atoms with Gasteiger partial charge in [-0.25, -0.2) is 0 Å². The predicted molar refractivity (Wildman–Crippen MR) is 112 cm³/mol. The van der Waals surface area contributed by atoms with Crippen LogP contribution in [0.1, 0.15) is 35.7 Å². The van der Waals surface area contributed by atoms with Crippen LogP contribution in [0.5, 0.6) is 11.5 Å². The van der Waals surface area contributed by atoms with Crippen molar-refractivity contribution in [2.24, 2.45) is 0 Å². The number of hydrogen-bond donors (Lipinski definition) is 1. The number of nitrogens with one attached hydrogen (secondary N) is 1. The molecule has 2 amide bonds. The molecule has 3 rings (SSSR count). The van der Waals surface area contributed by atoms with Crippen LogP contribution in [0, 0.1) is 0 Å². The molecule has 1 saturated heterocycles. The van der Waals surface area contributed by atoms with Gasteiger partial charge in [-0.05, 0) is 56.2 Å². The molecule has 9 heteroatoms. The van der Waals surface area contributed by atoms with E-state index < -0.39 is 17.6 Å². The van der Waals surface area contributed by atoms with Crippen molar-refractivity contribution in [2.75, 3.05) is 26.3 Å². The van der Waals surface area contributed by atoms with Crippen molar-refractivity contribution < 1.29 is 32.2 Å². The standard InChI is InChI=1S/C23H25F3N2O4/c1-2-31-17-7-9-18(10-8-17)32-15-21(29)27-16-11-13-28(14-12-16)22(30)19-5-3-4-6-20(19)23(24,25)26/h3-10,16H,2,11-15H2,1H3,(H,27,29). The maximum atomic E-state index is 13.2. The SMILES string of the molecule is CCOc1ccc(OCC(=O)NC2CCN(C(=O)c3ccccc3C(F)(F)F)CC2)cc1. The third kappa shape index (κ3) is 6.15. The van der Waals surface area contributed by atoms with Gasteiger partial charge in [0.1, 0.15) is 11.5 Å². The highest BCUT2D eigenvalue weighted by Crippen LogP contribution is 2.32. The Morgan fingerprint density at radius 3 is 2.19 bits per heavy atom. The summed E-state index contributed by atoms with van der Waals surface area (Å²) in [6, 6.07) is 11.5. The topological polar surface area (TPSA) is 67.9 Å². The van der Waals surface area contributed by atoms with Gasteiger partial charge in [0.2, 0.25) is 0 Å². The first kappa shape index (κ1) is 23.4. The van der Waals surface area contributed by atoms with Crippen molar-refractivity contribution in [1.82, 2.24) is 10.2 Å². The minimum atomic E-state index is -4.60. The molecule has 0 saturated carbocycles. The Morgan fingerprint density at radius 1 is 1.00 bits per heavy atom. The van der Waals surface area contributed by atoms with E-state index >= 15 is 0 Å². The fourth-order valence-electron chi connectivity index (χ4n) is 3.53. The number of alkyl halides is 3. The summed E-state index contributed by atoms with van der Waals surface area (Å²) >= 11 is 0. The lowest BCUT2D eigenvalue weighted by atomic mass is 10.0. The molecule has 0 bridgehead atoms. The predicted octanol–water partition coefficient (Wildman–Crippen LogP) is 3.90. The molecule has 2 aromatic carbocycles. The van der Waals surface area contributed by atoms with E-state index in [4.69, 9.17) is 9.47 Å². The zero-order chi connectivity index (χ0) is 23.1. The summed E-state index contributed by atoms with van der Waals surface area (Å²) in [6.07, 6.45) is -3.69. The van der Waals surface area contributed by atoms with Gasteiger partial charge in [0, 0.05) is 19.1 Å². The maximum absolute atomic E-state index is 13.2. The second kappa shape index (κ2) is 10.4. The van der Waals surface area contributed by atoms with E-state index in [9.17, 15) is 22.8 Å². The number of piperidine rings is 1. The normalized spacial score (nSPS) is 14.7. The van der Waals surface area contributed by atoms with E-state index in [1.165, 1.54) is 23.1 Å². The van der Waals surface area contributed by atoms with Gasteiger partial charge < -0.3 is 19.7 Å². The lowest BCUT2D eigenvalue weighted by molar-refractivity contribution is -0.138. The zero-order valence-electron chi connectivity index (χ0n) is 17.7. The Morgan fingerprint density at radius 2 is 1.59 bits per heavy atom. The number of likely N-dealkylation sites (tertiary alicyclic amines) is 1. The lowest BCUT2D eigenvalue weighted by Gasteiger charge is -2.33. The monoisotopic (exact) mass is 450 g/mol. The molecule has 0 unspecified atom stereocenters. The van der Waals surface area contributed by atoms with Gasteiger partial charge in [0.25, 0.3) is 11.8 Å². The molecule has 0 aromatic heterocycles. The molecule has 1 N–H and O–H groups in total. The van der Waals surface area contributed by atoms with Gasteiger partial charge in [0.05, 0.1) is 17.7 Å². The van der Waals surface area contributed by atoms with Crippen molar-refractivity contribution in [3.8, 4) is 11.5 Å². The summed E-state index contributed by atoms with van der Waals surface area (Å²) in [5.74, 6) is 0.295. The molecule has 1 fully saturated rings. The molecular formula is C23H25F3N2O4. The average Bonchev–Trinajstić information content (AvgIpc) is 2.78. The largest absolute Gasteiger partial charge is 0.494 e. The molecule has 1 aliphatic heterocycles. The molecule has 1 aliphatic rings. The van der Waals surface area contributed by atoms with Crippen molar-refractivity contribution in [3.63, 3.8) is 0 Å². The molecular weight excluding hydrogens is 425 g/mol. The Balaban J connectivity index is 1.46. The molecule has 172 valence electrons. The number of ether oxygens (including phenoxy) is 2. The van der Waals surface area contributed by atoms with E-state index in [1.807, 2.05) is 6.92 Å². The van der Waals surface area contributed by atoms with Crippen LogP contribution in [0.2, 0.25) is 0 Å². The number of amides is 2. The van der Waals surface area contributed by atoms with E-state index in [-0.39, 0.29) is 37.2 Å². The maximum Gasteiger partial charge on any atom is 0.417 e. The minimum Gasteiger partial charge on any atom is -0.494 e. The lowest BCUT2D eigenvalue weighted by Crippen LogP contribution is -2.47. The summed E-state index contributed by atoms with van der Waals surface area (Å²) in [4.78, 5) is 26.2. The Labute approximate surface area is 184 Å². The Bertz CT molecular complexity index is 924. The van der Waals surface area contributed by atoms with Crippen molar-refractivity contribution in [2.45, 2.75) is 32.0 Å². The van der Waals surface area contributed by atoms with E-state index in [0.717, 1.165) is 6.07 Å². The van der Waals surface area contributed by atoms with Crippen LogP contribution >= 0.6 is 0 Å². The summed E-state index contributed by atoms with van der Waals surface area (Å²) in [6.45, 7) is 2.80. The number of carbonyl (C=O) groups excluding carboxylic acids is 2.